The first kappa shape index (κ1) is 21.0. The topological polar surface area (TPSA) is 50.8 Å². The molecule has 0 atom stereocenters. The zero-order valence-corrected chi connectivity index (χ0v) is 16.7. The first-order chi connectivity index (χ1) is 12.9. The molecule has 2 aromatic rings. The second-order valence-electron chi connectivity index (χ2n) is 6.12. The highest BCUT2D eigenvalue weighted by Crippen LogP contribution is 2.31. The number of carbonyl (C=O) groups is 1. The molecule has 2 rings (SSSR count). The van der Waals surface area contributed by atoms with Crippen LogP contribution in [0.5, 0.6) is 11.5 Å². The largest absolute Gasteiger partial charge is 0.495 e. The molecule has 0 unspecified atom stereocenters. The van der Waals surface area contributed by atoms with Crippen molar-refractivity contribution in [3.05, 3.63) is 52.3 Å². The van der Waals surface area contributed by atoms with Gasteiger partial charge < -0.3 is 14.8 Å². The quantitative estimate of drug-likeness (QED) is 0.726. The molecule has 27 heavy (non-hydrogen) atoms. The SMILES string of the molecule is CCN(CC(=O)Nc1cc(C)c(Cl)cc1OC)Cc1ccc(OC)c(F)c1. The van der Waals surface area contributed by atoms with Gasteiger partial charge in [0.2, 0.25) is 5.91 Å². The number of amides is 1. The zero-order chi connectivity index (χ0) is 20.0. The molecule has 0 aliphatic heterocycles. The Morgan fingerprint density at radius 3 is 2.48 bits per heavy atom. The van der Waals surface area contributed by atoms with E-state index in [0.717, 1.165) is 11.1 Å². The minimum atomic E-state index is -0.420. The van der Waals surface area contributed by atoms with Crippen LogP contribution in [0.3, 0.4) is 0 Å². The average molecular weight is 395 g/mol. The van der Waals surface area contributed by atoms with Gasteiger partial charge in [-0.15, -0.1) is 0 Å². The standard InChI is InChI=1S/C20H24ClFN2O3/c1-5-24(11-14-6-7-18(26-3)16(22)9-14)12-20(25)23-17-8-13(2)15(21)10-19(17)27-4/h6-10H,5,11-12H2,1-4H3,(H,23,25). The van der Waals surface area contributed by atoms with Crippen molar-refractivity contribution >= 4 is 23.2 Å². The molecule has 0 saturated carbocycles. The number of benzene rings is 2. The van der Waals surface area contributed by atoms with Gasteiger partial charge >= 0.3 is 0 Å². The number of nitrogens with zero attached hydrogens (tertiary/aromatic N) is 1. The number of hydrogen-bond donors (Lipinski definition) is 1. The van der Waals surface area contributed by atoms with Gasteiger partial charge in [-0.25, -0.2) is 4.39 Å². The molecule has 0 aromatic heterocycles. The lowest BCUT2D eigenvalue weighted by atomic mass is 10.2. The second kappa shape index (κ2) is 9.58. The zero-order valence-electron chi connectivity index (χ0n) is 15.9. The fraction of sp³-hybridized carbons (Fsp3) is 0.350. The molecule has 0 radical (unpaired) electrons. The third-order valence-electron chi connectivity index (χ3n) is 4.19. The van der Waals surface area contributed by atoms with E-state index in [4.69, 9.17) is 21.1 Å². The number of ether oxygens (including phenoxy) is 2. The van der Waals surface area contributed by atoms with Crippen LogP contribution in [0.1, 0.15) is 18.1 Å². The Morgan fingerprint density at radius 2 is 1.89 bits per heavy atom. The molecule has 0 saturated heterocycles. The average Bonchev–Trinajstić information content (AvgIpc) is 2.64. The number of anilines is 1. The van der Waals surface area contributed by atoms with Gasteiger partial charge in [-0.05, 0) is 42.8 Å². The fourth-order valence-corrected chi connectivity index (χ4v) is 2.82. The number of aryl methyl sites for hydroxylation is 1. The van der Waals surface area contributed by atoms with Crippen molar-refractivity contribution in [1.82, 2.24) is 4.90 Å². The lowest BCUT2D eigenvalue weighted by Gasteiger charge is -2.21. The first-order valence-corrected chi connectivity index (χ1v) is 8.94. The Morgan fingerprint density at radius 1 is 1.19 bits per heavy atom. The molecule has 0 fully saturated rings. The highest BCUT2D eigenvalue weighted by Gasteiger charge is 2.14. The Kier molecular flexibility index (Phi) is 7.45. The van der Waals surface area contributed by atoms with E-state index in [2.05, 4.69) is 5.32 Å². The highest BCUT2D eigenvalue weighted by molar-refractivity contribution is 6.31. The molecule has 0 heterocycles. The van der Waals surface area contributed by atoms with Crippen LogP contribution >= 0.6 is 11.6 Å². The number of hydrogen-bond acceptors (Lipinski definition) is 4. The Bertz CT molecular complexity index is 814. The normalized spacial score (nSPS) is 10.8. The van der Waals surface area contributed by atoms with Crippen LogP contribution in [0.25, 0.3) is 0 Å². The molecule has 0 bridgehead atoms. The Hall–Kier alpha value is -2.31. The number of likely N-dealkylation sites (N-methyl/N-ethyl adjacent to an activating group) is 1. The van der Waals surface area contributed by atoms with Gasteiger partial charge in [0.25, 0.3) is 0 Å². The van der Waals surface area contributed by atoms with Gasteiger partial charge in [0, 0.05) is 17.6 Å². The summed E-state index contributed by atoms with van der Waals surface area (Å²) < 4.78 is 24.1. The van der Waals surface area contributed by atoms with Gasteiger partial charge in [-0.2, -0.15) is 0 Å². The van der Waals surface area contributed by atoms with E-state index in [0.29, 0.717) is 29.5 Å². The molecule has 5 nitrogen and oxygen atoms in total. The van der Waals surface area contributed by atoms with Gasteiger partial charge in [0.05, 0.1) is 26.5 Å². The number of carbonyl (C=O) groups excluding carboxylic acids is 1. The van der Waals surface area contributed by atoms with Crippen LogP contribution in [-0.2, 0) is 11.3 Å². The van der Waals surface area contributed by atoms with Crippen molar-refractivity contribution in [2.45, 2.75) is 20.4 Å². The Balaban J connectivity index is 2.05. The summed E-state index contributed by atoms with van der Waals surface area (Å²) in [5.74, 6) is 0.0895. The van der Waals surface area contributed by atoms with Crippen LogP contribution < -0.4 is 14.8 Å². The minimum absolute atomic E-state index is 0.162. The molecular formula is C20H24ClFN2O3. The molecule has 7 heteroatoms. The predicted octanol–water partition coefficient (Wildman–Crippen LogP) is 4.27. The lowest BCUT2D eigenvalue weighted by Crippen LogP contribution is -2.32. The summed E-state index contributed by atoms with van der Waals surface area (Å²) >= 11 is 6.09. The van der Waals surface area contributed by atoms with E-state index < -0.39 is 5.82 Å². The third kappa shape index (κ3) is 5.58. The number of rotatable bonds is 8. The molecule has 2 aromatic carbocycles. The Labute approximate surface area is 164 Å². The maximum absolute atomic E-state index is 13.9. The van der Waals surface area contributed by atoms with Crippen molar-refractivity contribution in [2.24, 2.45) is 0 Å². The van der Waals surface area contributed by atoms with Crippen LogP contribution in [0.4, 0.5) is 10.1 Å². The van der Waals surface area contributed by atoms with E-state index in [1.54, 1.807) is 24.3 Å². The van der Waals surface area contributed by atoms with Crippen LogP contribution in [0.2, 0.25) is 5.02 Å². The molecular weight excluding hydrogens is 371 g/mol. The molecule has 1 N–H and O–H groups in total. The number of methoxy groups -OCH3 is 2. The minimum Gasteiger partial charge on any atom is -0.495 e. The molecule has 0 aliphatic carbocycles. The van der Waals surface area contributed by atoms with E-state index >= 15 is 0 Å². The summed E-state index contributed by atoms with van der Waals surface area (Å²) in [7, 11) is 2.95. The van der Waals surface area contributed by atoms with Crippen LogP contribution in [0.15, 0.2) is 30.3 Å². The maximum Gasteiger partial charge on any atom is 0.238 e. The summed E-state index contributed by atoms with van der Waals surface area (Å²) in [5.41, 5.74) is 2.17. The van der Waals surface area contributed by atoms with Crippen molar-refractivity contribution < 1.29 is 18.7 Å². The van der Waals surface area contributed by atoms with Crippen LogP contribution in [-0.4, -0.2) is 38.1 Å². The fourth-order valence-electron chi connectivity index (χ4n) is 2.67. The summed E-state index contributed by atoms with van der Waals surface area (Å²) in [5, 5.41) is 3.42. The molecule has 0 spiro atoms. The second-order valence-corrected chi connectivity index (χ2v) is 6.53. The summed E-state index contributed by atoms with van der Waals surface area (Å²) in [4.78, 5) is 14.4. The van der Waals surface area contributed by atoms with Crippen LogP contribution in [0, 0.1) is 12.7 Å². The van der Waals surface area contributed by atoms with E-state index in [1.165, 1.54) is 20.3 Å². The molecule has 146 valence electrons. The summed E-state index contributed by atoms with van der Waals surface area (Å²) in [6.07, 6.45) is 0. The first-order valence-electron chi connectivity index (χ1n) is 8.56. The van der Waals surface area contributed by atoms with E-state index in [-0.39, 0.29) is 18.2 Å². The van der Waals surface area contributed by atoms with Gasteiger partial charge in [-0.1, -0.05) is 24.6 Å². The predicted molar refractivity (Wildman–Crippen MR) is 105 cm³/mol. The smallest absolute Gasteiger partial charge is 0.238 e. The summed E-state index contributed by atoms with van der Waals surface area (Å²) in [6, 6.07) is 8.23. The van der Waals surface area contributed by atoms with Crippen molar-refractivity contribution in [1.29, 1.82) is 0 Å². The maximum atomic E-state index is 13.9. The highest BCUT2D eigenvalue weighted by atomic mass is 35.5. The third-order valence-corrected chi connectivity index (χ3v) is 4.60. The summed E-state index contributed by atoms with van der Waals surface area (Å²) in [6.45, 7) is 5.04. The van der Waals surface area contributed by atoms with E-state index in [1.807, 2.05) is 18.7 Å². The number of halogens is 2. The monoisotopic (exact) mass is 394 g/mol. The van der Waals surface area contributed by atoms with Crippen molar-refractivity contribution in [3.63, 3.8) is 0 Å². The van der Waals surface area contributed by atoms with E-state index in [9.17, 15) is 9.18 Å². The van der Waals surface area contributed by atoms with Gasteiger partial charge in [0.15, 0.2) is 11.6 Å². The lowest BCUT2D eigenvalue weighted by molar-refractivity contribution is -0.117. The molecule has 0 aliphatic rings. The van der Waals surface area contributed by atoms with Crippen molar-refractivity contribution in [2.75, 3.05) is 32.6 Å². The van der Waals surface area contributed by atoms with Gasteiger partial charge in [0.1, 0.15) is 5.75 Å². The van der Waals surface area contributed by atoms with Crippen molar-refractivity contribution in [3.8, 4) is 11.5 Å². The van der Waals surface area contributed by atoms with Gasteiger partial charge in [-0.3, -0.25) is 9.69 Å². The molecule has 1 amide bonds. The number of nitrogens with one attached hydrogen (secondary N) is 1.